The number of carbonyl (C=O) groups excluding carboxylic acids is 1. The zero-order chi connectivity index (χ0) is 22.2. The molecular weight excluding hydrogens is 412 g/mol. The van der Waals surface area contributed by atoms with Gasteiger partial charge in [0.05, 0.1) is 22.8 Å². The molecule has 0 spiro atoms. The van der Waals surface area contributed by atoms with E-state index >= 15 is 0 Å². The Labute approximate surface area is 182 Å². The van der Waals surface area contributed by atoms with Crippen molar-refractivity contribution in [2.45, 2.75) is 44.6 Å². The van der Waals surface area contributed by atoms with Crippen molar-refractivity contribution in [1.82, 2.24) is 9.78 Å². The first kappa shape index (κ1) is 21.1. The van der Waals surface area contributed by atoms with E-state index in [1.807, 2.05) is 30.7 Å². The molecule has 7 nitrogen and oxygen atoms in total. The van der Waals surface area contributed by atoms with Gasteiger partial charge in [-0.25, -0.2) is 13.1 Å². The summed E-state index contributed by atoms with van der Waals surface area (Å²) in [5.74, 6) is 0.929. The Morgan fingerprint density at radius 2 is 1.81 bits per heavy atom. The quantitative estimate of drug-likeness (QED) is 0.567. The Morgan fingerprint density at radius 1 is 1.10 bits per heavy atom. The molecule has 1 heterocycles. The van der Waals surface area contributed by atoms with Crippen molar-refractivity contribution < 1.29 is 13.2 Å². The summed E-state index contributed by atoms with van der Waals surface area (Å²) in [6.45, 7) is 5.90. The van der Waals surface area contributed by atoms with E-state index in [0.717, 1.165) is 11.1 Å². The SMILES string of the molecule is Cc1cccc(NS(=O)(=O)c2ccc(C(=O)Nc3ccnn3C(C)C3CC3)cc2)c1C. The van der Waals surface area contributed by atoms with Crippen LogP contribution in [0.1, 0.15) is 47.3 Å². The fourth-order valence-electron chi connectivity index (χ4n) is 3.56. The van der Waals surface area contributed by atoms with Crippen molar-refractivity contribution in [2.75, 3.05) is 10.0 Å². The maximum Gasteiger partial charge on any atom is 0.261 e. The van der Waals surface area contributed by atoms with Gasteiger partial charge in [0.2, 0.25) is 0 Å². The van der Waals surface area contributed by atoms with Gasteiger partial charge < -0.3 is 5.32 Å². The highest BCUT2D eigenvalue weighted by Crippen LogP contribution is 2.40. The number of nitrogens with one attached hydrogen (secondary N) is 2. The Morgan fingerprint density at radius 3 is 2.48 bits per heavy atom. The Hall–Kier alpha value is -3.13. The number of anilines is 2. The predicted octanol–water partition coefficient (Wildman–Crippen LogP) is 4.52. The van der Waals surface area contributed by atoms with Crippen LogP contribution >= 0.6 is 0 Å². The van der Waals surface area contributed by atoms with E-state index in [0.29, 0.717) is 23.0 Å². The first-order valence-corrected chi connectivity index (χ1v) is 11.8. The number of amides is 1. The molecule has 1 atom stereocenters. The molecule has 1 aromatic heterocycles. The van der Waals surface area contributed by atoms with Gasteiger partial charge in [0.15, 0.2) is 0 Å². The molecule has 162 valence electrons. The largest absolute Gasteiger partial charge is 0.307 e. The number of nitrogens with zero attached hydrogens (tertiary/aromatic N) is 2. The number of hydrogen-bond donors (Lipinski definition) is 2. The Bertz CT molecular complexity index is 1210. The van der Waals surface area contributed by atoms with Crippen LogP contribution in [0.2, 0.25) is 0 Å². The number of aromatic nitrogens is 2. The highest BCUT2D eigenvalue weighted by atomic mass is 32.2. The fraction of sp³-hybridized carbons (Fsp3) is 0.304. The standard InChI is InChI=1S/C23H26N4O3S/c1-15-5-4-6-21(16(15)2)26-31(29,30)20-11-9-19(10-12-20)23(28)25-22-13-14-24-27(22)17(3)18-7-8-18/h4-6,9-14,17-18,26H,7-8H2,1-3H3,(H,25,28). The van der Waals surface area contributed by atoms with Crippen molar-refractivity contribution in [3.63, 3.8) is 0 Å². The molecule has 1 amide bonds. The summed E-state index contributed by atoms with van der Waals surface area (Å²) in [4.78, 5) is 12.8. The van der Waals surface area contributed by atoms with Crippen molar-refractivity contribution in [2.24, 2.45) is 5.92 Å². The van der Waals surface area contributed by atoms with E-state index in [9.17, 15) is 13.2 Å². The Balaban J connectivity index is 1.48. The monoisotopic (exact) mass is 438 g/mol. The van der Waals surface area contributed by atoms with Crippen molar-refractivity contribution in [3.05, 3.63) is 71.4 Å². The molecular formula is C23H26N4O3S. The number of sulfonamides is 1. The van der Waals surface area contributed by atoms with E-state index in [4.69, 9.17) is 0 Å². The minimum absolute atomic E-state index is 0.0948. The number of benzene rings is 2. The van der Waals surface area contributed by atoms with Crippen LogP contribution in [-0.4, -0.2) is 24.1 Å². The molecule has 1 aliphatic rings. The van der Waals surface area contributed by atoms with Crippen LogP contribution < -0.4 is 10.0 Å². The molecule has 2 aromatic carbocycles. The highest BCUT2D eigenvalue weighted by Gasteiger charge is 2.30. The van der Waals surface area contributed by atoms with E-state index in [-0.39, 0.29) is 16.8 Å². The summed E-state index contributed by atoms with van der Waals surface area (Å²) in [6.07, 6.45) is 4.03. The lowest BCUT2D eigenvalue weighted by atomic mass is 10.1. The van der Waals surface area contributed by atoms with E-state index in [1.165, 1.54) is 37.1 Å². The third kappa shape index (κ3) is 4.49. The first-order chi connectivity index (χ1) is 14.8. The fourth-order valence-corrected chi connectivity index (χ4v) is 4.68. The number of rotatable bonds is 7. The molecule has 31 heavy (non-hydrogen) atoms. The number of aryl methyl sites for hydroxylation is 1. The van der Waals surface area contributed by atoms with Crippen LogP contribution in [0.4, 0.5) is 11.5 Å². The second kappa shape index (κ2) is 8.19. The Kier molecular flexibility index (Phi) is 5.58. The van der Waals surface area contributed by atoms with Crippen molar-refractivity contribution >= 4 is 27.4 Å². The maximum absolute atomic E-state index is 12.8. The lowest BCUT2D eigenvalue weighted by Crippen LogP contribution is -2.19. The van der Waals surface area contributed by atoms with Gasteiger partial charge >= 0.3 is 0 Å². The minimum Gasteiger partial charge on any atom is -0.307 e. The smallest absolute Gasteiger partial charge is 0.261 e. The first-order valence-electron chi connectivity index (χ1n) is 10.3. The molecule has 3 aromatic rings. The van der Waals surface area contributed by atoms with Crippen molar-refractivity contribution in [3.8, 4) is 0 Å². The van der Waals surface area contributed by atoms with Crippen LogP contribution in [-0.2, 0) is 10.0 Å². The molecule has 1 unspecified atom stereocenters. The van der Waals surface area contributed by atoms with Gasteiger partial charge in [0, 0.05) is 11.6 Å². The molecule has 0 aliphatic heterocycles. The summed E-state index contributed by atoms with van der Waals surface area (Å²) >= 11 is 0. The summed E-state index contributed by atoms with van der Waals surface area (Å²) in [6, 6.07) is 13.4. The van der Waals surface area contributed by atoms with Crippen LogP contribution in [0, 0.1) is 19.8 Å². The van der Waals surface area contributed by atoms with Crippen LogP contribution in [0.25, 0.3) is 0 Å². The van der Waals surface area contributed by atoms with Gasteiger partial charge in [-0.15, -0.1) is 0 Å². The summed E-state index contributed by atoms with van der Waals surface area (Å²) < 4.78 is 30.0. The topological polar surface area (TPSA) is 93.1 Å². The molecule has 4 rings (SSSR count). The van der Waals surface area contributed by atoms with Gasteiger partial charge in [0.25, 0.3) is 15.9 Å². The molecule has 0 bridgehead atoms. The second-order valence-corrected chi connectivity index (χ2v) is 9.75. The second-order valence-electron chi connectivity index (χ2n) is 8.07. The number of hydrogen-bond acceptors (Lipinski definition) is 4. The normalized spacial score (nSPS) is 14.8. The third-order valence-corrected chi connectivity index (χ3v) is 7.26. The average molecular weight is 439 g/mol. The predicted molar refractivity (Wildman–Crippen MR) is 121 cm³/mol. The van der Waals surface area contributed by atoms with Crippen LogP contribution in [0.5, 0.6) is 0 Å². The molecule has 8 heteroatoms. The molecule has 0 radical (unpaired) electrons. The van der Waals surface area contributed by atoms with Gasteiger partial charge in [-0.2, -0.15) is 5.10 Å². The van der Waals surface area contributed by atoms with E-state index in [1.54, 1.807) is 18.3 Å². The summed E-state index contributed by atoms with van der Waals surface area (Å²) in [5, 5.41) is 7.22. The highest BCUT2D eigenvalue weighted by molar-refractivity contribution is 7.92. The molecule has 0 saturated heterocycles. The maximum atomic E-state index is 12.8. The summed E-state index contributed by atoms with van der Waals surface area (Å²) in [5.41, 5.74) is 2.79. The lowest BCUT2D eigenvalue weighted by Gasteiger charge is -2.15. The molecule has 1 saturated carbocycles. The van der Waals surface area contributed by atoms with E-state index in [2.05, 4.69) is 22.1 Å². The van der Waals surface area contributed by atoms with Crippen LogP contribution in [0.15, 0.2) is 59.6 Å². The zero-order valence-corrected chi connectivity index (χ0v) is 18.6. The van der Waals surface area contributed by atoms with Gasteiger partial charge in [0.1, 0.15) is 5.82 Å². The van der Waals surface area contributed by atoms with Gasteiger partial charge in [-0.05, 0) is 81.0 Å². The van der Waals surface area contributed by atoms with Crippen LogP contribution in [0.3, 0.4) is 0 Å². The molecule has 1 aliphatic carbocycles. The van der Waals surface area contributed by atoms with Gasteiger partial charge in [-0.1, -0.05) is 12.1 Å². The molecule has 2 N–H and O–H groups in total. The molecule has 1 fully saturated rings. The number of carbonyl (C=O) groups is 1. The zero-order valence-electron chi connectivity index (χ0n) is 17.8. The van der Waals surface area contributed by atoms with E-state index < -0.39 is 10.0 Å². The van der Waals surface area contributed by atoms with Gasteiger partial charge in [-0.3, -0.25) is 9.52 Å². The third-order valence-electron chi connectivity index (χ3n) is 5.88. The lowest BCUT2D eigenvalue weighted by molar-refractivity contribution is 0.102. The summed E-state index contributed by atoms with van der Waals surface area (Å²) in [7, 11) is -3.76. The van der Waals surface area contributed by atoms with Crippen molar-refractivity contribution in [1.29, 1.82) is 0 Å². The minimum atomic E-state index is -3.76. The average Bonchev–Trinajstić information content (AvgIpc) is 3.50.